The molecular weight excluding hydrogens is 466 g/mol. The van der Waals surface area contributed by atoms with Crippen LogP contribution in [0.1, 0.15) is 47.3 Å². The van der Waals surface area contributed by atoms with Gasteiger partial charge in [-0.15, -0.1) is 5.10 Å². The van der Waals surface area contributed by atoms with E-state index in [1.165, 1.54) is 47.1 Å². The molecule has 0 saturated carbocycles. The molecule has 10 heteroatoms. The number of rotatable bonds is 6. The van der Waals surface area contributed by atoms with Crippen LogP contribution in [0.25, 0.3) is 16.9 Å². The number of aliphatic hydroxyl groups is 1. The molecule has 2 aromatic carbocycles. The Labute approximate surface area is 198 Å². The van der Waals surface area contributed by atoms with Gasteiger partial charge in [0.05, 0.1) is 23.2 Å². The van der Waals surface area contributed by atoms with Gasteiger partial charge >= 0.3 is 0 Å². The molecule has 0 saturated heterocycles. The molecule has 2 aromatic heterocycles. The summed E-state index contributed by atoms with van der Waals surface area (Å²) in [7, 11) is 0. The van der Waals surface area contributed by atoms with Crippen LogP contribution >= 0.6 is 11.6 Å². The van der Waals surface area contributed by atoms with Gasteiger partial charge in [-0.05, 0) is 41.8 Å². The summed E-state index contributed by atoms with van der Waals surface area (Å²) in [5, 5.41) is 16.8. The zero-order valence-electron chi connectivity index (χ0n) is 18.3. The van der Waals surface area contributed by atoms with Crippen LogP contribution in [0.3, 0.4) is 0 Å². The molecule has 0 fully saturated rings. The van der Waals surface area contributed by atoms with Crippen LogP contribution in [-0.2, 0) is 0 Å². The molecule has 0 radical (unpaired) electrons. The molecule has 4 aromatic rings. The first-order valence-corrected chi connectivity index (χ1v) is 10.9. The highest BCUT2D eigenvalue weighted by Crippen LogP contribution is 2.27. The summed E-state index contributed by atoms with van der Waals surface area (Å²) in [5.41, 5.74) is 1.18. The number of fused-ring (bicyclic) bond motifs is 1. The fourth-order valence-corrected chi connectivity index (χ4v) is 3.93. The first kappa shape index (κ1) is 23.6. The Morgan fingerprint density at radius 3 is 2.53 bits per heavy atom. The standard InChI is InChI=1S/C24H21ClF2N4O3/c1-12(2)20-16(23(33)28-19(11-32)13-3-6-15(26)7-4-13)10-31-21(20)24(34)29-22(30-31)14-5-8-17(25)18(27)9-14/h3-10,12,19,32H,11H2,1-2H3,(H,28,33)(H,29,30,34)/t19-/m0/s1. The predicted molar refractivity (Wildman–Crippen MR) is 124 cm³/mol. The highest BCUT2D eigenvalue weighted by molar-refractivity contribution is 6.30. The molecule has 0 aliphatic rings. The summed E-state index contributed by atoms with van der Waals surface area (Å²) in [6.07, 6.45) is 1.42. The fraction of sp³-hybridized carbons (Fsp3) is 0.208. The molecule has 176 valence electrons. The third-order valence-corrected chi connectivity index (χ3v) is 5.76. The van der Waals surface area contributed by atoms with E-state index < -0.39 is 35.7 Å². The van der Waals surface area contributed by atoms with Crippen molar-refractivity contribution < 1.29 is 18.7 Å². The third kappa shape index (κ3) is 4.44. The fourth-order valence-electron chi connectivity index (χ4n) is 3.82. The van der Waals surface area contributed by atoms with Gasteiger partial charge in [-0.1, -0.05) is 37.6 Å². The van der Waals surface area contributed by atoms with Crippen LogP contribution in [0.4, 0.5) is 8.78 Å². The van der Waals surface area contributed by atoms with Gasteiger partial charge in [0.15, 0.2) is 5.82 Å². The van der Waals surface area contributed by atoms with E-state index in [9.17, 15) is 23.5 Å². The molecule has 4 rings (SSSR count). The van der Waals surface area contributed by atoms with E-state index in [0.29, 0.717) is 16.7 Å². The number of nitrogens with one attached hydrogen (secondary N) is 2. The highest BCUT2D eigenvalue weighted by Gasteiger charge is 2.25. The first-order valence-electron chi connectivity index (χ1n) is 10.5. The predicted octanol–water partition coefficient (Wildman–Crippen LogP) is 4.21. The number of carbonyl (C=O) groups is 1. The Morgan fingerprint density at radius 1 is 1.21 bits per heavy atom. The van der Waals surface area contributed by atoms with Crippen molar-refractivity contribution in [2.75, 3.05) is 6.61 Å². The van der Waals surface area contributed by atoms with E-state index in [4.69, 9.17) is 11.6 Å². The summed E-state index contributed by atoms with van der Waals surface area (Å²) in [5.74, 6) is -1.74. The van der Waals surface area contributed by atoms with E-state index in [1.54, 1.807) is 0 Å². The minimum atomic E-state index is -0.782. The number of H-pyrrole nitrogens is 1. The number of amides is 1. The smallest absolute Gasteiger partial charge is 0.275 e. The Hall–Kier alpha value is -3.56. The second kappa shape index (κ2) is 9.36. The van der Waals surface area contributed by atoms with E-state index in [-0.39, 0.29) is 27.8 Å². The quantitative estimate of drug-likeness (QED) is 0.380. The lowest BCUT2D eigenvalue weighted by molar-refractivity contribution is 0.0915. The Morgan fingerprint density at radius 2 is 1.91 bits per heavy atom. The van der Waals surface area contributed by atoms with Gasteiger partial charge in [-0.2, -0.15) is 0 Å². The van der Waals surface area contributed by atoms with Crippen molar-refractivity contribution in [2.45, 2.75) is 25.8 Å². The van der Waals surface area contributed by atoms with Crippen LogP contribution in [0.5, 0.6) is 0 Å². The Kier molecular flexibility index (Phi) is 6.49. The maximum absolute atomic E-state index is 13.9. The van der Waals surface area contributed by atoms with E-state index >= 15 is 0 Å². The summed E-state index contributed by atoms with van der Waals surface area (Å²) in [6.45, 7) is 3.25. The van der Waals surface area contributed by atoms with Crippen LogP contribution in [-0.4, -0.2) is 32.2 Å². The molecule has 2 heterocycles. The Balaban J connectivity index is 1.77. The van der Waals surface area contributed by atoms with Gasteiger partial charge in [0.1, 0.15) is 17.2 Å². The molecule has 7 nitrogen and oxygen atoms in total. The number of aliphatic hydroxyl groups excluding tert-OH is 1. The zero-order chi connectivity index (χ0) is 24.6. The van der Waals surface area contributed by atoms with Crippen molar-refractivity contribution in [3.63, 3.8) is 0 Å². The average Bonchev–Trinajstić information content (AvgIpc) is 3.20. The number of hydrogen-bond acceptors (Lipinski definition) is 4. The van der Waals surface area contributed by atoms with Crippen molar-refractivity contribution in [1.29, 1.82) is 0 Å². The van der Waals surface area contributed by atoms with Crippen molar-refractivity contribution in [1.82, 2.24) is 19.9 Å². The maximum Gasteiger partial charge on any atom is 0.275 e. The number of aromatic amines is 1. The van der Waals surface area contributed by atoms with Crippen molar-refractivity contribution >= 4 is 23.0 Å². The number of halogens is 3. The molecule has 34 heavy (non-hydrogen) atoms. The molecule has 3 N–H and O–H groups in total. The number of benzene rings is 2. The van der Waals surface area contributed by atoms with E-state index in [2.05, 4.69) is 15.4 Å². The molecule has 0 aliphatic carbocycles. The molecular formula is C24H21ClF2N4O3. The van der Waals surface area contributed by atoms with E-state index in [0.717, 1.165) is 6.07 Å². The highest BCUT2D eigenvalue weighted by atomic mass is 35.5. The molecule has 0 unspecified atom stereocenters. The maximum atomic E-state index is 13.9. The summed E-state index contributed by atoms with van der Waals surface area (Å²) in [6, 6.07) is 8.66. The molecule has 0 bridgehead atoms. The van der Waals surface area contributed by atoms with Gasteiger partial charge in [-0.3, -0.25) is 9.59 Å². The number of hydrogen-bond donors (Lipinski definition) is 3. The normalized spacial score (nSPS) is 12.3. The van der Waals surface area contributed by atoms with Crippen molar-refractivity contribution in [3.8, 4) is 11.4 Å². The largest absolute Gasteiger partial charge is 0.394 e. The third-order valence-electron chi connectivity index (χ3n) is 5.46. The average molecular weight is 487 g/mol. The molecule has 0 aliphatic heterocycles. The lowest BCUT2D eigenvalue weighted by Gasteiger charge is -2.17. The van der Waals surface area contributed by atoms with Gasteiger partial charge < -0.3 is 15.4 Å². The zero-order valence-corrected chi connectivity index (χ0v) is 19.0. The summed E-state index contributed by atoms with van der Waals surface area (Å²) >= 11 is 5.74. The van der Waals surface area contributed by atoms with Crippen LogP contribution in [0.2, 0.25) is 5.02 Å². The topological polar surface area (TPSA) is 99.5 Å². The SMILES string of the molecule is CC(C)c1c(C(=O)N[C@@H](CO)c2ccc(F)cc2)cn2nc(-c3ccc(Cl)c(F)c3)[nH]c(=O)c12. The monoisotopic (exact) mass is 486 g/mol. The minimum Gasteiger partial charge on any atom is -0.394 e. The molecule has 1 atom stereocenters. The van der Waals surface area contributed by atoms with Gasteiger partial charge in [0.2, 0.25) is 0 Å². The van der Waals surface area contributed by atoms with Crippen molar-refractivity contribution in [2.24, 2.45) is 0 Å². The van der Waals surface area contributed by atoms with Gasteiger partial charge in [0.25, 0.3) is 11.5 Å². The second-order valence-electron chi connectivity index (χ2n) is 8.10. The minimum absolute atomic E-state index is 0.0613. The summed E-state index contributed by atoms with van der Waals surface area (Å²) in [4.78, 5) is 28.8. The summed E-state index contributed by atoms with van der Waals surface area (Å²) < 4.78 is 28.5. The number of carbonyl (C=O) groups excluding carboxylic acids is 1. The number of aromatic nitrogens is 3. The van der Waals surface area contributed by atoms with Gasteiger partial charge in [0, 0.05) is 17.3 Å². The Bertz CT molecular complexity index is 1430. The molecule has 1 amide bonds. The lowest BCUT2D eigenvalue weighted by atomic mass is 9.99. The second-order valence-corrected chi connectivity index (χ2v) is 8.50. The molecule has 0 spiro atoms. The van der Waals surface area contributed by atoms with Crippen LogP contribution < -0.4 is 10.9 Å². The van der Waals surface area contributed by atoms with Crippen LogP contribution in [0.15, 0.2) is 53.5 Å². The van der Waals surface area contributed by atoms with Crippen molar-refractivity contribution in [3.05, 3.63) is 92.4 Å². The van der Waals surface area contributed by atoms with E-state index in [1.807, 2.05) is 13.8 Å². The number of nitrogens with zero attached hydrogens (tertiary/aromatic N) is 2. The van der Waals surface area contributed by atoms with Crippen LogP contribution in [0, 0.1) is 11.6 Å². The first-order chi connectivity index (χ1) is 16.2. The van der Waals surface area contributed by atoms with Gasteiger partial charge in [-0.25, -0.2) is 13.3 Å². The lowest BCUT2D eigenvalue weighted by Crippen LogP contribution is -2.31.